The van der Waals surface area contributed by atoms with E-state index in [4.69, 9.17) is 18.7 Å². The van der Waals surface area contributed by atoms with Gasteiger partial charge in [0.15, 0.2) is 17.3 Å². The average Bonchev–Trinajstić information content (AvgIpc) is 3.35. The summed E-state index contributed by atoms with van der Waals surface area (Å²) in [6.07, 6.45) is -0.664. The minimum absolute atomic E-state index is 0.0174. The minimum atomic E-state index is -0.646. The summed E-state index contributed by atoms with van der Waals surface area (Å²) >= 11 is 0. The van der Waals surface area contributed by atoms with Gasteiger partial charge in [0.05, 0.1) is 25.8 Å². The molecule has 188 valence electrons. The summed E-state index contributed by atoms with van der Waals surface area (Å²) < 4.78 is 22.1. The van der Waals surface area contributed by atoms with Crippen LogP contribution in [0.1, 0.15) is 11.7 Å². The normalized spacial score (nSPS) is 17.5. The highest BCUT2D eigenvalue weighted by Gasteiger charge is 2.33. The van der Waals surface area contributed by atoms with E-state index in [1.165, 1.54) is 0 Å². The van der Waals surface area contributed by atoms with Gasteiger partial charge in [-0.15, -0.1) is 0 Å². The summed E-state index contributed by atoms with van der Waals surface area (Å²) in [4.78, 5) is 33.6. The fraction of sp³-hybridized carbons (Fsp3) is 0.360. The fourth-order valence-corrected chi connectivity index (χ4v) is 4.17. The maximum atomic E-state index is 12.9. The van der Waals surface area contributed by atoms with Gasteiger partial charge in [0.1, 0.15) is 12.4 Å². The highest BCUT2D eigenvalue weighted by atomic mass is 16.6. The van der Waals surface area contributed by atoms with E-state index in [0.29, 0.717) is 67.4 Å². The third kappa shape index (κ3) is 5.41. The molecule has 0 aliphatic carbocycles. The van der Waals surface area contributed by atoms with Crippen LogP contribution in [0.25, 0.3) is 0 Å². The van der Waals surface area contributed by atoms with Gasteiger partial charge in [0.25, 0.3) is 5.91 Å². The molecule has 0 spiro atoms. The van der Waals surface area contributed by atoms with E-state index in [-0.39, 0.29) is 24.8 Å². The topological polar surface area (TPSA) is 119 Å². The number of methoxy groups -OCH3 is 1. The van der Waals surface area contributed by atoms with E-state index in [1.54, 1.807) is 30.2 Å². The zero-order valence-electron chi connectivity index (χ0n) is 19.9. The Kier molecular flexibility index (Phi) is 6.99. The third-order valence-corrected chi connectivity index (χ3v) is 6.04. The van der Waals surface area contributed by atoms with Crippen LogP contribution in [0.4, 0.5) is 5.69 Å². The number of carbonyl (C=O) groups excluding carboxylic acids is 2. The molecule has 1 N–H and O–H groups in total. The monoisotopic (exact) mass is 493 g/mol. The number of nitrogens with one attached hydrogen (secondary N) is 1. The summed E-state index contributed by atoms with van der Waals surface area (Å²) in [7, 11) is 1.55. The predicted octanol–water partition coefficient (Wildman–Crippen LogP) is 1.74. The molecule has 2 aliphatic heterocycles. The number of carbonyl (C=O) groups is 2. The second-order valence-electron chi connectivity index (χ2n) is 8.50. The van der Waals surface area contributed by atoms with Crippen LogP contribution in [0, 0.1) is 0 Å². The highest BCUT2D eigenvalue weighted by Crippen LogP contribution is 2.31. The second-order valence-corrected chi connectivity index (χ2v) is 8.50. The molecule has 0 unspecified atom stereocenters. The molecule has 1 atom stereocenters. The molecule has 36 heavy (non-hydrogen) atoms. The molecule has 2 aliphatic rings. The molecule has 1 aromatic heterocycles. The highest BCUT2D eigenvalue weighted by molar-refractivity contribution is 5.93. The van der Waals surface area contributed by atoms with Crippen molar-refractivity contribution < 1.29 is 28.3 Å². The maximum Gasteiger partial charge on any atom is 0.267 e. The number of ether oxygens (including phenoxy) is 3. The zero-order chi connectivity index (χ0) is 24.9. The summed E-state index contributed by atoms with van der Waals surface area (Å²) in [6.45, 7) is 3.07. The molecule has 0 radical (unpaired) electrons. The summed E-state index contributed by atoms with van der Waals surface area (Å²) in [5, 5.41) is 6.72. The van der Waals surface area contributed by atoms with Crippen molar-refractivity contribution in [3.05, 3.63) is 60.2 Å². The van der Waals surface area contributed by atoms with Crippen molar-refractivity contribution in [1.82, 2.24) is 19.9 Å². The third-order valence-electron chi connectivity index (χ3n) is 6.04. The number of amides is 2. The number of para-hydroxylation sites is 4. The van der Waals surface area contributed by atoms with Crippen LogP contribution in [0.3, 0.4) is 0 Å². The van der Waals surface area contributed by atoms with Crippen molar-refractivity contribution in [3.63, 3.8) is 0 Å². The Labute approximate surface area is 207 Å². The molecule has 0 bridgehead atoms. The predicted molar refractivity (Wildman–Crippen MR) is 128 cm³/mol. The van der Waals surface area contributed by atoms with Crippen LogP contribution in [0.2, 0.25) is 0 Å². The van der Waals surface area contributed by atoms with Gasteiger partial charge in [-0.05, 0) is 24.3 Å². The molecule has 2 aromatic carbocycles. The fourth-order valence-electron chi connectivity index (χ4n) is 4.17. The number of benzene rings is 2. The standard InChI is InChI=1S/C25H27N5O6/c1-33-18-7-3-2-6-17(18)26-23(31)14-22-27-24(36-28-22)15-29-10-12-30(13-11-29)25(32)21-16-34-19-8-4-5-9-20(19)35-21/h2-9,21H,10-16H2,1H3,(H,26,31)/t21-/m0/s1. The van der Waals surface area contributed by atoms with Crippen molar-refractivity contribution in [2.24, 2.45) is 0 Å². The number of piperazine rings is 1. The van der Waals surface area contributed by atoms with Gasteiger partial charge < -0.3 is 29.0 Å². The minimum Gasteiger partial charge on any atom is -0.495 e. The lowest BCUT2D eigenvalue weighted by Gasteiger charge is -2.36. The van der Waals surface area contributed by atoms with Crippen LogP contribution in [-0.2, 0) is 22.6 Å². The first kappa shape index (κ1) is 23.6. The lowest BCUT2D eigenvalue weighted by Crippen LogP contribution is -2.53. The maximum absolute atomic E-state index is 12.9. The number of nitrogens with zero attached hydrogens (tertiary/aromatic N) is 4. The van der Waals surface area contributed by atoms with Crippen LogP contribution in [-0.4, -0.2) is 77.8 Å². The number of rotatable bonds is 7. The van der Waals surface area contributed by atoms with Crippen molar-refractivity contribution in [3.8, 4) is 17.2 Å². The molecule has 3 aromatic rings. The van der Waals surface area contributed by atoms with Crippen LogP contribution in [0.15, 0.2) is 53.1 Å². The molecule has 1 saturated heterocycles. The van der Waals surface area contributed by atoms with Crippen LogP contribution >= 0.6 is 0 Å². The molecule has 1 fully saturated rings. The van der Waals surface area contributed by atoms with Crippen molar-refractivity contribution in [1.29, 1.82) is 0 Å². The largest absolute Gasteiger partial charge is 0.495 e. The van der Waals surface area contributed by atoms with Crippen LogP contribution < -0.4 is 19.5 Å². The second kappa shape index (κ2) is 10.6. The van der Waals surface area contributed by atoms with Gasteiger partial charge in [-0.1, -0.05) is 29.4 Å². The molecular weight excluding hydrogens is 466 g/mol. The van der Waals surface area contributed by atoms with Crippen molar-refractivity contribution >= 4 is 17.5 Å². The van der Waals surface area contributed by atoms with Gasteiger partial charge in [0, 0.05) is 26.2 Å². The Morgan fingerprint density at radius 2 is 1.81 bits per heavy atom. The molecular formula is C25H27N5O6. The number of hydrogen-bond acceptors (Lipinski definition) is 9. The molecule has 11 nitrogen and oxygen atoms in total. The lowest BCUT2D eigenvalue weighted by atomic mass is 10.2. The summed E-state index contributed by atoms with van der Waals surface area (Å²) in [6, 6.07) is 14.5. The van der Waals surface area contributed by atoms with Gasteiger partial charge in [-0.25, -0.2) is 0 Å². The summed E-state index contributed by atoms with van der Waals surface area (Å²) in [5.41, 5.74) is 0.579. The molecule has 2 amide bonds. The SMILES string of the molecule is COc1ccccc1NC(=O)Cc1noc(CN2CCN(C(=O)[C@@H]3COc4ccccc4O3)CC2)n1. The van der Waals surface area contributed by atoms with E-state index in [1.807, 2.05) is 30.3 Å². The van der Waals surface area contributed by atoms with Crippen LogP contribution in [0.5, 0.6) is 17.2 Å². The van der Waals surface area contributed by atoms with E-state index in [9.17, 15) is 9.59 Å². The first-order valence-corrected chi connectivity index (χ1v) is 11.7. The molecule has 5 rings (SSSR count). The number of hydrogen-bond donors (Lipinski definition) is 1. The summed E-state index contributed by atoms with van der Waals surface area (Å²) in [5.74, 6) is 2.20. The quantitative estimate of drug-likeness (QED) is 0.525. The Morgan fingerprint density at radius 1 is 1.06 bits per heavy atom. The van der Waals surface area contributed by atoms with Gasteiger partial charge >= 0.3 is 0 Å². The zero-order valence-corrected chi connectivity index (χ0v) is 19.9. The smallest absolute Gasteiger partial charge is 0.267 e. The van der Waals surface area contributed by atoms with E-state index in [0.717, 1.165) is 0 Å². The van der Waals surface area contributed by atoms with E-state index >= 15 is 0 Å². The van der Waals surface area contributed by atoms with Crippen molar-refractivity contribution in [2.45, 2.75) is 19.1 Å². The Morgan fingerprint density at radius 3 is 2.61 bits per heavy atom. The Balaban J connectivity index is 1.08. The first-order valence-electron chi connectivity index (χ1n) is 11.7. The van der Waals surface area contributed by atoms with Gasteiger partial charge in [0.2, 0.25) is 17.9 Å². The molecule has 0 saturated carbocycles. The average molecular weight is 494 g/mol. The lowest BCUT2D eigenvalue weighted by molar-refractivity contribution is -0.143. The van der Waals surface area contributed by atoms with E-state index < -0.39 is 6.10 Å². The Hall–Kier alpha value is -4.12. The Bertz CT molecular complexity index is 1220. The van der Waals surface area contributed by atoms with Crippen molar-refractivity contribution in [2.75, 3.05) is 45.2 Å². The number of anilines is 1. The number of fused-ring (bicyclic) bond motifs is 1. The first-order chi connectivity index (χ1) is 17.6. The van der Waals surface area contributed by atoms with E-state index in [2.05, 4.69) is 20.4 Å². The van der Waals surface area contributed by atoms with Gasteiger partial charge in [-0.2, -0.15) is 4.98 Å². The van der Waals surface area contributed by atoms with Gasteiger partial charge in [-0.3, -0.25) is 14.5 Å². The molecule has 3 heterocycles. The number of aromatic nitrogens is 2. The molecule has 11 heteroatoms.